The Bertz CT molecular complexity index is 322. The fraction of sp³-hybridized carbons (Fsp3) is 0.900. The summed E-state index contributed by atoms with van der Waals surface area (Å²) >= 11 is 0. The van der Waals surface area contributed by atoms with Crippen LogP contribution in [-0.2, 0) is 10.0 Å². The zero-order chi connectivity index (χ0) is 12.8. The molecule has 0 bridgehead atoms. The Morgan fingerprint density at radius 1 is 1.25 bits per heavy atom. The molecule has 0 radical (unpaired) electrons. The Balaban J connectivity index is 4.11. The zero-order valence-electron chi connectivity index (χ0n) is 10.4. The lowest BCUT2D eigenvalue weighted by atomic mass is 10.2. The smallest absolute Gasteiger partial charge is 0.225 e. The topological polar surface area (TPSA) is 73.2 Å². The average molecular weight is 247 g/mol. The molecule has 0 aromatic carbocycles. The minimum Gasteiger partial charge on any atom is -0.297 e. The second kappa shape index (κ2) is 6.84. The fourth-order valence-electron chi connectivity index (χ4n) is 1.58. The zero-order valence-corrected chi connectivity index (χ0v) is 11.2. The maximum atomic E-state index is 11.2. The van der Waals surface area contributed by atoms with Gasteiger partial charge in [-0.3, -0.25) is 4.90 Å². The Hall–Kier alpha value is -0.640. The number of nitriles is 1. The molecule has 0 spiro atoms. The van der Waals surface area contributed by atoms with E-state index in [1.165, 1.54) is 0 Å². The van der Waals surface area contributed by atoms with Crippen molar-refractivity contribution in [3.63, 3.8) is 0 Å². The van der Waals surface area contributed by atoms with Gasteiger partial charge >= 0.3 is 0 Å². The summed E-state index contributed by atoms with van der Waals surface area (Å²) in [5.41, 5.74) is 0. The van der Waals surface area contributed by atoms with Gasteiger partial charge in [0.25, 0.3) is 0 Å². The molecule has 1 N–H and O–H groups in total. The Morgan fingerprint density at radius 2 is 1.75 bits per heavy atom. The van der Waals surface area contributed by atoms with Crippen LogP contribution in [0.5, 0.6) is 0 Å². The standard InChI is InChI=1S/C10H21N3O2S/c1-9(2)13(10(3)4)7-6-12-16(14,15)8-5-11/h9-10,12H,6-8H2,1-4H3. The van der Waals surface area contributed by atoms with Crippen LogP contribution in [-0.4, -0.2) is 44.2 Å². The van der Waals surface area contributed by atoms with Gasteiger partial charge < -0.3 is 0 Å². The maximum Gasteiger partial charge on any atom is 0.225 e. The second-order valence-corrected chi connectivity index (χ2v) is 6.04. The molecule has 0 aliphatic rings. The third-order valence-corrected chi connectivity index (χ3v) is 3.43. The van der Waals surface area contributed by atoms with Crippen LogP contribution in [0.2, 0.25) is 0 Å². The molecule has 0 unspecified atom stereocenters. The van der Waals surface area contributed by atoms with E-state index in [4.69, 9.17) is 5.26 Å². The second-order valence-electron chi connectivity index (χ2n) is 4.24. The Morgan fingerprint density at radius 3 is 2.12 bits per heavy atom. The molecule has 0 amide bonds. The van der Waals surface area contributed by atoms with Gasteiger partial charge in [-0.05, 0) is 27.7 Å². The van der Waals surface area contributed by atoms with Crippen LogP contribution in [0.3, 0.4) is 0 Å². The van der Waals surface area contributed by atoms with Crippen LogP contribution in [0.4, 0.5) is 0 Å². The number of rotatable bonds is 7. The van der Waals surface area contributed by atoms with Crippen molar-refractivity contribution in [2.24, 2.45) is 0 Å². The molecule has 0 saturated carbocycles. The van der Waals surface area contributed by atoms with Crippen molar-refractivity contribution in [3.05, 3.63) is 0 Å². The van der Waals surface area contributed by atoms with E-state index in [9.17, 15) is 8.42 Å². The van der Waals surface area contributed by atoms with Gasteiger partial charge in [0.05, 0.1) is 6.07 Å². The van der Waals surface area contributed by atoms with E-state index in [2.05, 4.69) is 37.3 Å². The molecular weight excluding hydrogens is 226 g/mol. The molecular formula is C10H21N3O2S. The van der Waals surface area contributed by atoms with E-state index in [1.54, 1.807) is 6.07 Å². The van der Waals surface area contributed by atoms with E-state index in [1.807, 2.05) is 0 Å². The van der Waals surface area contributed by atoms with E-state index in [0.717, 1.165) is 0 Å². The molecule has 0 fully saturated rings. The molecule has 0 aliphatic carbocycles. The SMILES string of the molecule is CC(C)N(CCNS(=O)(=O)CC#N)C(C)C. The van der Waals surface area contributed by atoms with Gasteiger partial charge in [-0.2, -0.15) is 5.26 Å². The van der Waals surface area contributed by atoms with Crippen molar-refractivity contribution >= 4 is 10.0 Å². The van der Waals surface area contributed by atoms with Gasteiger partial charge in [0.2, 0.25) is 10.0 Å². The van der Waals surface area contributed by atoms with Crippen LogP contribution in [0.15, 0.2) is 0 Å². The van der Waals surface area contributed by atoms with Crippen LogP contribution in [0.25, 0.3) is 0 Å². The number of sulfonamides is 1. The van der Waals surface area contributed by atoms with Crippen LogP contribution in [0.1, 0.15) is 27.7 Å². The van der Waals surface area contributed by atoms with Gasteiger partial charge in [0, 0.05) is 25.2 Å². The van der Waals surface area contributed by atoms with Gasteiger partial charge in [-0.15, -0.1) is 0 Å². The Kier molecular flexibility index (Phi) is 6.56. The first-order valence-electron chi connectivity index (χ1n) is 5.40. The van der Waals surface area contributed by atoms with Gasteiger partial charge in [0.1, 0.15) is 0 Å². The molecule has 0 saturated heterocycles. The van der Waals surface area contributed by atoms with E-state index in [-0.39, 0.29) is 0 Å². The number of hydrogen-bond acceptors (Lipinski definition) is 4. The summed E-state index contributed by atoms with van der Waals surface area (Å²) in [6, 6.07) is 2.38. The Labute approximate surface area is 98.5 Å². The number of nitrogens with zero attached hydrogens (tertiary/aromatic N) is 2. The van der Waals surface area contributed by atoms with E-state index < -0.39 is 15.8 Å². The number of hydrogen-bond donors (Lipinski definition) is 1. The van der Waals surface area contributed by atoms with E-state index in [0.29, 0.717) is 25.2 Å². The van der Waals surface area contributed by atoms with Crippen molar-refractivity contribution < 1.29 is 8.42 Å². The summed E-state index contributed by atoms with van der Waals surface area (Å²) in [6.07, 6.45) is 0. The highest BCUT2D eigenvalue weighted by molar-refractivity contribution is 7.89. The predicted octanol–water partition coefficient (Wildman–Crippen LogP) is 0.548. The molecule has 16 heavy (non-hydrogen) atoms. The van der Waals surface area contributed by atoms with Crippen molar-refractivity contribution in [1.82, 2.24) is 9.62 Å². The highest BCUT2D eigenvalue weighted by atomic mass is 32.2. The summed E-state index contributed by atoms with van der Waals surface area (Å²) < 4.78 is 24.8. The lowest BCUT2D eigenvalue weighted by Crippen LogP contribution is -2.42. The molecule has 6 heteroatoms. The molecule has 0 aliphatic heterocycles. The van der Waals surface area contributed by atoms with Gasteiger partial charge in [-0.1, -0.05) is 0 Å². The summed E-state index contributed by atoms with van der Waals surface area (Å²) in [4.78, 5) is 2.19. The monoisotopic (exact) mass is 247 g/mol. The van der Waals surface area contributed by atoms with Crippen molar-refractivity contribution in [2.75, 3.05) is 18.8 Å². The highest BCUT2D eigenvalue weighted by Gasteiger charge is 2.14. The largest absolute Gasteiger partial charge is 0.297 e. The molecule has 0 heterocycles. The third kappa shape index (κ3) is 6.05. The third-order valence-electron chi connectivity index (χ3n) is 2.27. The van der Waals surface area contributed by atoms with Crippen LogP contribution >= 0.6 is 0 Å². The first-order chi connectivity index (χ1) is 7.30. The highest BCUT2D eigenvalue weighted by Crippen LogP contribution is 2.03. The lowest BCUT2D eigenvalue weighted by molar-refractivity contribution is 0.179. The average Bonchev–Trinajstić information content (AvgIpc) is 2.10. The normalized spacial score (nSPS) is 12.4. The molecule has 0 aromatic rings. The predicted molar refractivity (Wildman–Crippen MR) is 64.4 cm³/mol. The van der Waals surface area contributed by atoms with Crippen LogP contribution < -0.4 is 4.72 Å². The summed E-state index contributed by atoms with van der Waals surface area (Å²) in [5.74, 6) is -0.476. The van der Waals surface area contributed by atoms with E-state index >= 15 is 0 Å². The summed E-state index contributed by atoms with van der Waals surface area (Å²) in [6.45, 7) is 9.29. The molecule has 0 rings (SSSR count). The first kappa shape index (κ1) is 15.4. The molecule has 5 nitrogen and oxygen atoms in total. The van der Waals surface area contributed by atoms with Gasteiger partial charge in [0.15, 0.2) is 5.75 Å². The first-order valence-corrected chi connectivity index (χ1v) is 7.05. The fourth-order valence-corrected chi connectivity index (χ4v) is 2.25. The summed E-state index contributed by atoms with van der Waals surface area (Å²) in [7, 11) is -3.42. The number of nitrogens with one attached hydrogen (secondary N) is 1. The minimum absolute atomic E-state index is 0.348. The molecule has 0 aromatic heterocycles. The molecule has 94 valence electrons. The summed E-state index contributed by atoms with van der Waals surface area (Å²) in [5, 5.41) is 8.31. The van der Waals surface area contributed by atoms with Crippen molar-refractivity contribution in [1.29, 1.82) is 5.26 Å². The van der Waals surface area contributed by atoms with Crippen molar-refractivity contribution in [2.45, 2.75) is 39.8 Å². The minimum atomic E-state index is -3.42. The van der Waals surface area contributed by atoms with Crippen LogP contribution in [0, 0.1) is 11.3 Å². The van der Waals surface area contributed by atoms with Crippen molar-refractivity contribution in [3.8, 4) is 6.07 Å². The maximum absolute atomic E-state index is 11.2. The van der Waals surface area contributed by atoms with Gasteiger partial charge in [-0.25, -0.2) is 13.1 Å². The lowest BCUT2D eigenvalue weighted by Gasteiger charge is -2.30. The quantitative estimate of drug-likeness (QED) is 0.713. The molecule has 0 atom stereocenters.